The van der Waals surface area contributed by atoms with Crippen molar-refractivity contribution >= 4 is 0 Å². The number of benzene rings is 1. The van der Waals surface area contributed by atoms with Crippen LogP contribution >= 0.6 is 0 Å². The van der Waals surface area contributed by atoms with E-state index in [9.17, 15) is 0 Å². The monoisotopic (exact) mass is 263 g/mol. The average molecular weight is 263 g/mol. The Balaban J connectivity index is 2.18. The Morgan fingerprint density at radius 2 is 1.84 bits per heavy atom. The van der Waals surface area contributed by atoms with Crippen LogP contribution < -0.4 is 10.5 Å². The van der Waals surface area contributed by atoms with Gasteiger partial charge in [-0.3, -0.25) is 0 Å². The summed E-state index contributed by atoms with van der Waals surface area (Å²) in [6.07, 6.45) is 8.71. The molecule has 108 valence electrons. The van der Waals surface area contributed by atoms with E-state index in [1.807, 2.05) is 19.1 Å². The standard InChI is InChI=1S/C17H29NO/c1-3-4-5-6-7-8-12-19-17-11-9-10-16(14-17)13-15(2)18/h9-11,14-15H,3-8,12-13,18H2,1-2H3. The van der Waals surface area contributed by atoms with Crippen LogP contribution in [0.2, 0.25) is 0 Å². The number of hydrogen-bond donors (Lipinski definition) is 1. The first-order chi connectivity index (χ1) is 9.22. The van der Waals surface area contributed by atoms with Crippen LogP contribution in [0.25, 0.3) is 0 Å². The van der Waals surface area contributed by atoms with E-state index in [-0.39, 0.29) is 6.04 Å². The van der Waals surface area contributed by atoms with Crippen molar-refractivity contribution in [2.75, 3.05) is 6.61 Å². The van der Waals surface area contributed by atoms with Crippen LogP contribution in [0.1, 0.15) is 57.9 Å². The summed E-state index contributed by atoms with van der Waals surface area (Å²) < 4.78 is 5.79. The Labute approximate surface area is 118 Å². The van der Waals surface area contributed by atoms with Gasteiger partial charge in [-0.2, -0.15) is 0 Å². The summed E-state index contributed by atoms with van der Waals surface area (Å²) in [5.74, 6) is 0.978. The molecule has 1 rings (SSSR count). The van der Waals surface area contributed by atoms with Crippen molar-refractivity contribution in [2.24, 2.45) is 5.73 Å². The van der Waals surface area contributed by atoms with Gasteiger partial charge in [-0.15, -0.1) is 0 Å². The van der Waals surface area contributed by atoms with Crippen LogP contribution in [0.5, 0.6) is 5.75 Å². The van der Waals surface area contributed by atoms with Gasteiger partial charge in [0.1, 0.15) is 5.75 Å². The molecule has 2 N–H and O–H groups in total. The van der Waals surface area contributed by atoms with Crippen LogP contribution in [-0.2, 0) is 6.42 Å². The van der Waals surface area contributed by atoms with Crippen molar-refractivity contribution in [3.63, 3.8) is 0 Å². The Hall–Kier alpha value is -1.02. The minimum absolute atomic E-state index is 0.203. The zero-order valence-corrected chi connectivity index (χ0v) is 12.5. The fourth-order valence-corrected chi connectivity index (χ4v) is 2.21. The van der Waals surface area contributed by atoms with E-state index in [2.05, 4.69) is 19.1 Å². The highest BCUT2D eigenvalue weighted by Crippen LogP contribution is 2.15. The lowest BCUT2D eigenvalue weighted by Crippen LogP contribution is -2.17. The maximum Gasteiger partial charge on any atom is 0.119 e. The van der Waals surface area contributed by atoms with Crippen molar-refractivity contribution in [3.8, 4) is 5.75 Å². The van der Waals surface area contributed by atoms with Gasteiger partial charge in [0.05, 0.1) is 6.61 Å². The Bertz CT molecular complexity index is 336. The molecule has 0 aliphatic heterocycles. The van der Waals surface area contributed by atoms with Crippen molar-refractivity contribution in [2.45, 2.75) is 64.8 Å². The van der Waals surface area contributed by atoms with Crippen LogP contribution in [-0.4, -0.2) is 12.6 Å². The summed E-state index contributed by atoms with van der Waals surface area (Å²) in [5, 5.41) is 0. The van der Waals surface area contributed by atoms with Gasteiger partial charge in [0.25, 0.3) is 0 Å². The molecule has 0 heterocycles. The van der Waals surface area contributed by atoms with E-state index >= 15 is 0 Å². The zero-order valence-electron chi connectivity index (χ0n) is 12.5. The molecule has 0 aromatic heterocycles. The minimum Gasteiger partial charge on any atom is -0.494 e. The van der Waals surface area contributed by atoms with Crippen molar-refractivity contribution in [1.82, 2.24) is 0 Å². The first-order valence-electron chi connectivity index (χ1n) is 7.69. The summed E-state index contributed by atoms with van der Waals surface area (Å²) in [6, 6.07) is 8.51. The fourth-order valence-electron chi connectivity index (χ4n) is 2.21. The Kier molecular flexibility index (Phi) is 8.31. The quantitative estimate of drug-likeness (QED) is 0.638. The number of hydrogen-bond acceptors (Lipinski definition) is 2. The molecule has 1 aromatic rings. The largest absolute Gasteiger partial charge is 0.494 e. The number of ether oxygens (including phenoxy) is 1. The number of nitrogens with two attached hydrogens (primary N) is 1. The summed E-state index contributed by atoms with van der Waals surface area (Å²) >= 11 is 0. The highest BCUT2D eigenvalue weighted by molar-refractivity contribution is 5.28. The van der Waals surface area contributed by atoms with Crippen molar-refractivity contribution < 1.29 is 4.74 Å². The molecule has 2 nitrogen and oxygen atoms in total. The van der Waals surface area contributed by atoms with E-state index in [0.29, 0.717) is 0 Å². The van der Waals surface area contributed by atoms with Gasteiger partial charge in [-0.1, -0.05) is 51.2 Å². The molecule has 0 aliphatic carbocycles. The normalized spacial score (nSPS) is 12.4. The van der Waals surface area contributed by atoms with Gasteiger partial charge in [-0.25, -0.2) is 0 Å². The third-order valence-corrected chi connectivity index (χ3v) is 3.22. The van der Waals surface area contributed by atoms with Crippen LogP contribution in [0.15, 0.2) is 24.3 Å². The summed E-state index contributed by atoms with van der Waals surface area (Å²) in [7, 11) is 0. The summed E-state index contributed by atoms with van der Waals surface area (Å²) in [6.45, 7) is 5.11. The minimum atomic E-state index is 0.203. The molecule has 0 fully saturated rings. The molecule has 0 saturated heterocycles. The topological polar surface area (TPSA) is 35.2 Å². The van der Waals surface area contributed by atoms with E-state index in [1.165, 1.54) is 37.7 Å². The third kappa shape index (κ3) is 7.89. The van der Waals surface area contributed by atoms with Gasteiger partial charge in [0.15, 0.2) is 0 Å². The molecule has 0 aliphatic rings. The van der Waals surface area contributed by atoms with Gasteiger partial charge in [-0.05, 0) is 37.5 Å². The van der Waals surface area contributed by atoms with Crippen LogP contribution in [0, 0.1) is 0 Å². The first-order valence-corrected chi connectivity index (χ1v) is 7.69. The van der Waals surface area contributed by atoms with E-state index in [0.717, 1.165) is 25.2 Å². The highest BCUT2D eigenvalue weighted by atomic mass is 16.5. The zero-order chi connectivity index (χ0) is 13.9. The molecule has 1 unspecified atom stereocenters. The molecule has 0 spiro atoms. The van der Waals surface area contributed by atoms with Gasteiger partial charge < -0.3 is 10.5 Å². The second-order valence-corrected chi connectivity index (χ2v) is 5.45. The highest BCUT2D eigenvalue weighted by Gasteiger charge is 2.00. The second kappa shape index (κ2) is 9.85. The van der Waals surface area contributed by atoms with E-state index in [4.69, 9.17) is 10.5 Å². The molecule has 19 heavy (non-hydrogen) atoms. The van der Waals surface area contributed by atoms with Crippen LogP contribution in [0.3, 0.4) is 0 Å². The molecule has 0 amide bonds. The molecular weight excluding hydrogens is 234 g/mol. The molecular formula is C17H29NO. The first kappa shape index (κ1) is 16.0. The van der Waals surface area contributed by atoms with E-state index in [1.54, 1.807) is 0 Å². The predicted octanol–water partition coefficient (Wildman–Crippen LogP) is 4.32. The lowest BCUT2D eigenvalue weighted by atomic mass is 10.1. The number of unbranched alkanes of at least 4 members (excludes halogenated alkanes) is 5. The molecule has 0 radical (unpaired) electrons. The Morgan fingerprint density at radius 1 is 1.11 bits per heavy atom. The maximum absolute atomic E-state index is 5.81. The third-order valence-electron chi connectivity index (χ3n) is 3.22. The van der Waals surface area contributed by atoms with Gasteiger partial charge in [0, 0.05) is 6.04 Å². The predicted molar refractivity (Wildman–Crippen MR) is 82.7 cm³/mol. The average Bonchev–Trinajstić information content (AvgIpc) is 2.37. The maximum atomic E-state index is 5.81. The molecule has 0 saturated carbocycles. The molecule has 0 bridgehead atoms. The lowest BCUT2D eigenvalue weighted by Gasteiger charge is -2.09. The SMILES string of the molecule is CCCCCCCCOc1cccc(CC(C)N)c1. The summed E-state index contributed by atoms with van der Waals surface area (Å²) in [5.41, 5.74) is 7.07. The van der Waals surface area contributed by atoms with Gasteiger partial charge >= 0.3 is 0 Å². The molecule has 1 atom stereocenters. The number of rotatable bonds is 10. The molecule has 2 heteroatoms. The van der Waals surface area contributed by atoms with Crippen molar-refractivity contribution in [1.29, 1.82) is 0 Å². The summed E-state index contributed by atoms with van der Waals surface area (Å²) in [4.78, 5) is 0. The Morgan fingerprint density at radius 3 is 2.58 bits per heavy atom. The molecule has 1 aromatic carbocycles. The smallest absolute Gasteiger partial charge is 0.119 e. The van der Waals surface area contributed by atoms with Crippen molar-refractivity contribution in [3.05, 3.63) is 29.8 Å². The second-order valence-electron chi connectivity index (χ2n) is 5.45. The van der Waals surface area contributed by atoms with Crippen LogP contribution in [0.4, 0.5) is 0 Å². The fraction of sp³-hybridized carbons (Fsp3) is 0.647. The van der Waals surface area contributed by atoms with E-state index < -0.39 is 0 Å². The van der Waals surface area contributed by atoms with Gasteiger partial charge in [0.2, 0.25) is 0 Å². The lowest BCUT2D eigenvalue weighted by molar-refractivity contribution is 0.304.